The highest BCUT2D eigenvalue weighted by molar-refractivity contribution is 5.50. The van der Waals surface area contributed by atoms with E-state index in [1.165, 1.54) is 10.8 Å². The third kappa shape index (κ3) is 2.36. The minimum absolute atomic E-state index is 0.102. The van der Waals surface area contributed by atoms with E-state index in [4.69, 9.17) is 4.52 Å². The van der Waals surface area contributed by atoms with E-state index in [9.17, 15) is 13.2 Å². The number of nitrogens with zero attached hydrogens (tertiary/aromatic N) is 7. The summed E-state index contributed by atoms with van der Waals surface area (Å²) >= 11 is 0. The highest BCUT2D eigenvalue weighted by Gasteiger charge is 2.37. The van der Waals surface area contributed by atoms with Crippen molar-refractivity contribution in [1.29, 1.82) is 0 Å². The molecule has 8 nitrogen and oxygen atoms in total. The zero-order chi connectivity index (χ0) is 16.9. The van der Waals surface area contributed by atoms with Gasteiger partial charge in [0.25, 0.3) is 5.78 Å². The standard InChI is InChI=1S/C13H12F3N7O/c1-7-19-11(21-24-7)8-3-2-4-22(8)10-5-9(13(14,15)16)20-12-17-6-18-23(10)12/h5-6,8H,2-4H2,1H3/t8-/m0/s1. The quantitative estimate of drug-likeness (QED) is 0.707. The van der Waals surface area contributed by atoms with Gasteiger partial charge in [0.05, 0.1) is 6.04 Å². The van der Waals surface area contributed by atoms with Crippen LogP contribution in [-0.2, 0) is 6.18 Å². The molecule has 4 heterocycles. The Bertz CT molecular complexity index is 887. The molecule has 4 rings (SSSR count). The van der Waals surface area contributed by atoms with Gasteiger partial charge in [0.1, 0.15) is 12.1 Å². The molecule has 0 radical (unpaired) electrons. The van der Waals surface area contributed by atoms with Crippen LogP contribution in [0.4, 0.5) is 19.0 Å². The summed E-state index contributed by atoms with van der Waals surface area (Å²) in [5, 5.41) is 7.89. The van der Waals surface area contributed by atoms with Crippen LogP contribution in [0.3, 0.4) is 0 Å². The zero-order valence-electron chi connectivity index (χ0n) is 12.5. The van der Waals surface area contributed by atoms with Crippen molar-refractivity contribution in [2.45, 2.75) is 32.0 Å². The smallest absolute Gasteiger partial charge is 0.346 e. The van der Waals surface area contributed by atoms with Crippen LogP contribution >= 0.6 is 0 Å². The van der Waals surface area contributed by atoms with Gasteiger partial charge in [0.2, 0.25) is 5.89 Å². The van der Waals surface area contributed by atoms with Crippen LogP contribution in [0.25, 0.3) is 5.78 Å². The summed E-state index contributed by atoms with van der Waals surface area (Å²) in [6.07, 6.45) is -1.90. The molecule has 3 aromatic heterocycles. The Hall–Kier alpha value is -2.72. The van der Waals surface area contributed by atoms with Gasteiger partial charge in [0.15, 0.2) is 11.5 Å². The molecule has 0 aromatic carbocycles. The summed E-state index contributed by atoms with van der Waals surface area (Å²) in [5.41, 5.74) is -1.01. The van der Waals surface area contributed by atoms with Crippen LogP contribution in [0.5, 0.6) is 0 Å². The maximum atomic E-state index is 13.1. The first-order valence-electron chi connectivity index (χ1n) is 7.28. The topological polar surface area (TPSA) is 85.2 Å². The van der Waals surface area contributed by atoms with E-state index in [0.29, 0.717) is 24.7 Å². The Kier molecular flexibility index (Phi) is 3.18. The van der Waals surface area contributed by atoms with Gasteiger partial charge in [-0.05, 0) is 12.8 Å². The number of hydrogen-bond donors (Lipinski definition) is 0. The van der Waals surface area contributed by atoms with Gasteiger partial charge in [-0.2, -0.15) is 32.8 Å². The average Bonchev–Trinajstić information content (AvgIpc) is 3.24. The predicted octanol–water partition coefficient (Wildman–Crippen LogP) is 2.18. The number of alkyl halides is 3. The molecule has 0 spiro atoms. The van der Waals surface area contributed by atoms with Gasteiger partial charge in [0, 0.05) is 19.5 Å². The first-order chi connectivity index (χ1) is 11.4. The molecule has 1 fully saturated rings. The SMILES string of the molecule is Cc1nc([C@@H]2CCCN2c2cc(C(F)(F)F)nc3ncnn23)no1. The lowest BCUT2D eigenvalue weighted by Gasteiger charge is -2.25. The van der Waals surface area contributed by atoms with Crippen molar-refractivity contribution >= 4 is 11.6 Å². The van der Waals surface area contributed by atoms with E-state index < -0.39 is 11.9 Å². The van der Waals surface area contributed by atoms with Crippen molar-refractivity contribution in [3.8, 4) is 0 Å². The Labute approximate surface area is 133 Å². The van der Waals surface area contributed by atoms with Crippen LogP contribution in [-0.4, -0.2) is 36.3 Å². The summed E-state index contributed by atoms with van der Waals surface area (Å²) in [6, 6.07) is 0.700. The fraction of sp³-hybridized carbons (Fsp3) is 0.462. The van der Waals surface area contributed by atoms with Crippen molar-refractivity contribution in [3.05, 3.63) is 29.8 Å². The molecule has 0 aliphatic carbocycles. The van der Waals surface area contributed by atoms with Crippen LogP contribution in [0.15, 0.2) is 16.9 Å². The van der Waals surface area contributed by atoms with Gasteiger partial charge in [-0.25, -0.2) is 4.98 Å². The Morgan fingerprint density at radius 3 is 2.83 bits per heavy atom. The zero-order valence-corrected chi connectivity index (χ0v) is 12.5. The van der Waals surface area contributed by atoms with E-state index >= 15 is 0 Å². The number of aromatic nitrogens is 6. The second kappa shape index (κ2) is 5.14. The minimum atomic E-state index is -4.57. The Morgan fingerprint density at radius 1 is 1.29 bits per heavy atom. The fourth-order valence-electron chi connectivity index (χ4n) is 2.91. The van der Waals surface area contributed by atoms with Crippen molar-refractivity contribution in [2.24, 2.45) is 0 Å². The second-order valence-corrected chi connectivity index (χ2v) is 5.49. The summed E-state index contributed by atoms with van der Waals surface area (Å²) in [5.74, 6) is 1.02. The summed E-state index contributed by atoms with van der Waals surface area (Å²) in [4.78, 5) is 13.3. The van der Waals surface area contributed by atoms with Crippen LogP contribution in [0, 0.1) is 6.92 Å². The van der Waals surface area contributed by atoms with Crippen molar-refractivity contribution in [1.82, 2.24) is 29.7 Å². The Morgan fingerprint density at radius 2 is 2.12 bits per heavy atom. The highest BCUT2D eigenvalue weighted by Crippen LogP contribution is 2.37. The minimum Gasteiger partial charge on any atom is -0.346 e. The summed E-state index contributed by atoms with van der Waals surface area (Å²) < 4.78 is 45.7. The van der Waals surface area contributed by atoms with Gasteiger partial charge >= 0.3 is 6.18 Å². The van der Waals surface area contributed by atoms with Crippen molar-refractivity contribution in [2.75, 3.05) is 11.4 Å². The molecule has 0 saturated carbocycles. The molecule has 1 atom stereocenters. The number of aryl methyl sites for hydroxylation is 1. The van der Waals surface area contributed by atoms with E-state index in [2.05, 4.69) is 25.2 Å². The van der Waals surface area contributed by atoms with E-state index in [0.717, 1.165) is 12.5 Å². The third-order valence-electron chi connectivity index (χ3n) is 3.91. The predicted molar refractivity (Wildman–Crippen MR) is 74.1 cm³/mol. The number of halogens is 3. The molecule has 0 bridgehead atoms. The summed E-state index contributed by atoms with van der Waals surface area (Å²) in [6.45, 7) is 2.22. The van der Waals surface area contributed by atoms with Gasteiger partial charge in [-0.3, -0.25) is 0 Å². The molecular formula is C13H12F3N7O. The number of fused-ring (bicyclic) bond motifs is 1. The molecule has 1 saturated heterocycles. The van der Waals surface area contributed by atoms with Crippen molar-refractivity contribution in [3.63, 3.8) is 0 Å². The molecule has 3 aromatic rings. The van der Waals surface area contributed by atoms with Crippen LogP contribution < -0.4 is 4.90 Å². The van der Waals surface area contributed by atoms with Gasteiger partial charge < -0.3 is 9.42 Å². The third-order valence-corrected chi connectivity index (χ3v) is 3.91. The number of hydrogen-bond acceptors (Lipinski definition) is 7. The van der Waals surface area contributed by atoms with Crippen LogP contribution in [0.2, 0.25) is 0 Å². The maximum absolute atomic E-state index is 13.1. The maximum Gasteiger partial charge on any atom is 0.433 e. The van der Waals surface area contributed by atoms with Crippen LogP contribution in [0.1, 0.15) is 36.3 Å². The van der Waals surface area contributed by atoms with E-state index in [1.807, 2.05) is 0 Å². The molecule has 11 heteroatoms. The normalized spacial score (nSPS) is 18.7. The average molecular weight is 339 g/mol. The largest absolute Gasteiger partial charge is 0.433 e. The lowest BCUT2D eigenvalue weighted by molar-refractivity contribution is -0.141. The number of rotatable bonds is 2. The van der Waals surface area contributed by atoms with E-state index in [-0.39, 0.29) is 17.6 Å². The highest BCUT2D eigenvalue weighted by atomic mass is 19.4. The van der Waals surface area contributed by atoms with Gasteiger partial charge in [-0.1, -0.05) is 5.16 Å². The monoisotopic (exact) mass is 339 g/mol. The molecule has 0 amide bonds. The molecule has 126 valence electrons. The molecular weight excluding hydrogens is 327 g/mol. The lowest BCUT2D eigenvalue weighted by Crippen LogP contribution is -2.27. The van der Waals surface area contributed by atoms with E-state index in [1.54, 1.807) is 11.8 Å². The molecule has 0 unspecified atom stereocenters. The molecule has 1 aliphatic rings. The fourth-order valence-corrected chi connectivity index (χ4v) is 2.91. The summed E-state index contributed by atoms with van der Waals surface area (Å²) in [7, 11) is 0. The number of anilines is 1. The lowest BCUT2D eigenvalue weighted by atomic mass is 10.2. The Balaban J connectivity index is 1.84. The van der Waals surface area contributed by atoms with Crippen molar-refractivity contribution < 1.29 is 17.7 Å². The first-order valence-corrected chi connectivity index (χ1v) is 7.28. The molecule has 24 heavy (non-hydrogen) atoms. The molecule has 0 N–H and O–H groups in total. The first kappa shape index (κ1) is 14.8. The van der Waals surface area contributed by atoms with Gasteiger partial charge in [-0.15, -0.1) is 0 Å². The molecule has 1 aliphatic heterocycles. The second-order valence-electron chi connectivity index (χ2n) is 5.49.